The summed E-state index contributed by atoms with van der Waals surface area (Å²) in [7, 11) is 0. The van der Waals surface area contributed by atoms with Crippen molar-refractivity contribution < 1.29 is 18.3 Å². The van der Waals surface area contributed by atoms with Crippen LogP contribution in [0.3, 0.4) is 0 Å². The maximum Gasteiger partial charge on any atom is 0.267 e. The summed E-state index contributed by atoms with van der Waals surface area (Å²) in [6, 6.07) is 7.28. The van der Waals surface area contributed by atoms with Gasteiger partial charge in [0.05, 0.1) is 18.6 Å². The molecule has 2 saturated heterocycles. The van der Waals surface area contributed by atoms with E-state index in [4.69, 9.17) is 16.3 Å². The van der Waals surface area contributed by atoms with E-state index in [0.29, 0.717) is 18.1 Å². The maximum absolute atomic E-state index is 13.3. The second-order valence-corrected chi connectivity index (χ2v) is 7.59. The number of carbonyl (C=O) groups excluding carboxylic acids is 1. The Balaban J connectivity index is 1.36. The van der Waals surface area contributed by atoms with E-state index < -0.39 is 12.5 Å². The minimum Gasteiger partial charge on any atom is -0.488 e. The van der Waals surface area contributed by atoms with E-state index in [1.807, 2.05) is 17.0 Å². The molecule has 2 aromatic rings. The number of nitrogens with zero attached hydrogens (tertiary/aromatic N) is 3. The van der Waals surface area contributed by atoms with Gasteiger partial charge in [0.15, 0.2) is 0 Å². The number of aromatic nitrogens is 1. The van der Waals surface area contributed by atoms with Crippen LogP contribution in [0.4, 0.5) is 8.78 Å². The molecule has 2 fully saturated rings. The summed E-state index contributed by atoms with van der Waals surface area (Å²) in [5.74, 6) is -2.26. The van der Waals surface area contributed by atoms with E-state index in [-0.39, 0.29) is 31.5 Å². The summed E-state index contributed by atoms with van der Waals surface area (Å²) < 4.78 is 32.7. The third-order valence-corrected chi connectivity index (χ3v) is 5.30. The fraction of sp³-hybridized carbons (Fsp3) is 0.474. The molecule has 4 rings (SSSR count). The van der Waals surface area contributed by atoms with Crippen LogP contribution in [0.5, 0.6) is 5.75 Å². The molecular formula is C19H20ClF2N3O2. The fourth-order valence-corrected chi connectivity index (χ4v) is 3.82. The van der Waals surface area contributed by atoms with Crippen molar-refractivity contribution in [3.05, 3.63) is 35.5 Å². The number of alkyl halides is 2. The van der Waals surface area contributed by atoms with Gasteiger partial charge in [-0.25, -0.2) is 8.78 Å². The topological polar surface area (TPSA) is 45.7 Å². The first-order valence-corrected chi connectivity index (χ1v) is 9.36. The number of benzene rings is 1. The molecule has 2 aliphatic heterocycles. The van der Waals surface area contributed by atoms with Crippen LogP contribution in [0.2, 0.25) is 5.02 Å². The molecule has 0 unspecified atom stereocenters. The Morgan fingerprint density at radius 1 is 1.33 bits per heavy atom. The van der Waals surface area contributed by atoms with E-state index in [9.17, 15) is 13.6 Å². The SMILES string of the molecule is O=C(CN1CC[C@H](Oc2ccnc3cc(Cl)ccc23)C1)N1CCC(F)(F)C1. The number of rotatable bonds is 4. The molecule has 144 valence electrons. The highest BCUT2D eigenvalue weighted by Gasteiger charge is 2.40. The van der Waals surface area contributed by atoms with Gasteiger partial charge in [-0.15, -0.1) is 0 Å². The smallest absolute Gasteiger partial charge is 0.267 e. The molecule has 2 aliphatic rings. The minimum atomic E-state index is -2.75. The number of likely N-dealkylation sites (tertiary alicyclic amines) is 2. The van der Waals surface area contributed by atoms with Gasteiger partial charge in [-0.3, -0.25) is 14.7 Å². The molecule has 0 radical (unpaired) electrons. The van der Waals surface area contributed by atoms with Crippen LogP contribution < -0.4 is 4.74 Å². The molecule has 0 bridgehead atoms. The molecule has 8 heteroatoms. The maximum atomic E-state index is 13.3. The van der Waals surface area contributed by atoms with Gasteiger partial charge in [0, 0.05) is 42.7 Å². The molecule has 1 atom stereocenters. The lowest BCUT2D eigenvalue weighted by molar-refractivity contribution is -0.132. The Morgan fingerprint density at radius 3 is 2.96 bits per heavy atom. The van der Waals surface area contributed by atoms with Crippen molar-refractivity contribution >= 4 is 28.4 Å². The normalized spacial score (nSPS) is 22.5. The molecule has 27 heavy (non-hydrogen) atoms. The lowest BCUT2D eigenvalue weighted by Crippen LogP contribution is -2.40. The summed E-state index contributed by atoms with van der Waals surface area (Å²) in [5.41, 5.74) is 0.764. The highest BCUT2D eigenvalue weighted by molar-refractivity contribution is 6.31. The summed E-state index contributed by atoms with van der Waals surface area (Å²) in [4.78, 5) is 19.8. The number of amides is 1. The largest absolute Gasteiger partial charge is 0.488 e. The molecule has 1 amide bonds. The van der Waals surface area contributed by atoms with Crippen molar-refractivity contribution in [3.8, 4) is 5.75 Å². The van der Waals surface area contributed by atoms with Crippen LogP contribution in [0.1, 0.15) is 12.8 Å². The standard InChI is InChI=1S/C19H20ClF2N3O2/c20-13-1-2-15-16(9-13)23-6-3-17(15)27-14-4-7-24(10-14)11-18(26)25-8-5-19(21,22)12-25/h1-3,6,9,14H,4-5,7-8,10-12H2/t14-/m0/s1. The predicted octanol–water partition coefficient (Wildman–Crippen LogP) is 3.21. The Hall–Kier alpha value is -1.99. The molecule has 0 saturated carbocycles. The summed E-state index contributed by atoms with van der Waals surface area (Å²) in [5, 5.41) is 1.50. The van der Waals surface area contributed by atoms with E-state index >= 15 is 0 Å². The number of pyridine rings is 1. The van der Waals surface area contributed by atoms with Gasteiger partial charge >= 0.3 is 0 Å². The highest BCUT2D eigenvalue weighted by Crippen LogP contribution is 2.29. The quantitative estimate of drug-likeness (QED) is 0.797. The Kier molecular flexibility index (Phi) is 4.90. The average molecular weight is 396 g/mol. The third kappa shape index (κ3) is 4.14. The van der Waals surface area contributed by atoms with Gasteiger partial charge in [0.2, 0.25) is 5.91 Å². The number of fused-ring (bicyclic) bond motifs is 1. The van der Waals surface area contributed by atoms with Gasteiger partial charge < -0.3 is 9.64 Å². The monoisotopic (exact) mass is 395 g/mol. The van der Waals surface area contributed by atoms with Crippen LogP contribution in [0.15, 0.2) is 30.5 Å². The Labute approximate surface area is 160 Å². The van der Waals surface area contributed by atoms with Crippen LogP contribution in [0, 0.1) is 0 Å². The van der Waals surface area contributed by atoms with Gasteiger partial charge in [-0.2, -0.15) is 0 Å². The lowest BCUT2D eigenvalue weighted by Gasteiger charge is -2.21. The molecule has 1 aromatic carbocycles. The second kappa shape index (κ2) is 7.20. The first-order chi connectivity index (χ1) is 12.9. The summed E-state index contributed by atoms with van der Waals surface area (Å²) in [6.07, 6.45) is 2.15. The molecule has 0 spiro atoms. The van der Waals surface area contributed by atoms with Gasteiger partial charge in [-0.05, 0) is 30.7 Å². The summed E-state index contributed by atoms with van der Waals surface area (Å²) >= 11 is 6.01. The van der Waals surface area contributed by atoms with Crippen LogP contribution in [-0.2, 0) is 4.79 Å². The number of ether oxygens (including phenoxy) is 1. The highest BCUT2D eigenvalue weighted by atomic mass is 35.5. The zero-order valence-electron chi connectivity index (χ0n) is 14.7. The molecule has 0 N–H and O–H groups in total. The lowest BCUT2D eigenvalue weighted by atomic mass is 10.2. The fourth-order valence-electron chi connectivity index (χ4n) is 3.65. The van der Waals surface area contributed by atoms with E-state index in [1.54, 1.807) is 18.3 Å². The van der Waals surface area contributed by atoms with Crippen molar-refractivity contribution in [2.45, 2.75) is 24.9 Å². The molecular weight excluding hydrogens is 376 g/mol. The van der Waals surface area contributed by atoms with E-state index in [1.165, 1.54) is 4.90 Å². The Morgan fingerprint density at radius 2 is 2.19 bits per heavy atom. The van der Waals surface area contributed by atoms with Crippen molar-refractivity contribution in [1.29, 1.82) is 0 Å². The second-order valence-electron chi connectivity index (χ2n) is 7.16. The first kappa shape index (κ1) is 18.4. The van der Waals surface area contributed by atoms with Crippen LogP contribution in [0.25, 0.3) is 10.9 Å². The number of carbonyl (C=O) groups is 1. The Bertz CT molecular complexity index is 864. The van der Waals surface area contributed by atoms with Crippen molar-refractivity contribution in [2.75, 3.05) is 32.7 Å². The van der Waals surface area contributed by atoms with Gasteiger partial charge in [0.25, 0.3) is 5.92 Å². The van der Waals surface area contributed by atoms with E-state index in [2.05, 4.69) is 4.98 Å². The van der Waals surface area contributed by atoms with Crippen molar-refractivity contribution in [2.24, 2.45) is 0 Å². The number of hydrogen-bond acceptors (Lipinski definition) is 4. The molecule has 0 aliphatic carbocycles. The number of halogens is 3. The van der Waals surface area contributed by atoms with Crippen LogP contribution >= 0.6 is 11.6 Å². The molecule has 5 nitrogen and oxygen atoms in total. The van der Waals surface area contributed by atoms with Gasteiger partial charge in [0.1, 0.15) is 11.9 Å². The van der Waals surface area contributed by atoms with Crippen molar-refractivity contribution in [1.82, 2.24) is 14.8 Å². The molecule has 1 aromatic heterocycles. The van der Waals surface area contributed by atoms with Crippen molar-refractivity contribution in [3.63, 3.8) is 0 Å². The molecule has 3 heterocycles. The zero-order chi connectivity index (χ0) is 19.0. The van der Waals surface area contributed by atoms with Gasteiger partial charge in [-0.1, -0.05) is 11.6 Å². The number of hydrogen-bond donors (Lipinski definition) is 0. The first-order valence-electron chi connectivity index (χ1n) is 8.98. The third-order valence-electron chi connectivity index (χ3n) is 5.07. The minimum absolute atomic E-state index is 0.0564. The van der Waals surface area contributed by atoms with Crippen LogP contribution in [-0.4, -0.2) is 65.4 Å². The summed E-state index contributed by atoms with van der Waals surface area (Å²) in [6.45, 7) is 1.11. The predicted molar refractivity (Wildman–Crippen MR) is 98.4 cm³/mol. The average Bonchev–Trinajstić information content (AvgIpc) is 3.20. The zero-order valence-corrected chi connectivity index (χ0v) is 15.5. The van der Waals surface area contributed by atoms with E-state index in [0.717, 1.165) is 23.1 Å².